The van der Waals surface area contributed by atoms with Gasteiger partial charge in [0, 0.05) is 23.7 Å². The maximum atomic E-state index is 5.94. The molecule has 1 heterocycles. The van der Waals surface area contributed by atoms with Gasteiger partial charge in [0.2, 0.25) is 0 Å². The molecular weight excluding hydrogens is 222 g/mol. The van der Waals surface area contributed by atoms with Crippen LogP contribution in [0.5, 0.6) is 0 Å². The summed E-state index contributed by atoms with van der Waals surface area (Å²) in [7, 11) is 0. The van der Waals surface area contributed by atoms with Gasteiger partial charge in [-0.15, -0.1) is 11.6 Å². The first-order valence-electron chi connectivity index (χ1n) is 5.66. The summed E-state index contributed by atoms with van der Waals surface area (Å²) in [5, 5.41) is 3.36. The van der Waals surface area contributed by atoms with E-state index in [9.17, 15) is 0 Å². The average Bonchev–Trinajstić information content (AvgIpc) is 2.14. The Hall–Kier alpha value is -0.830. The SMILES string of the molecule is Cc1cc(NC(CCl)CC(C)C)nc(C)n1. The second-order valence-electron chi connectivity index (χ2n) is 4.57. The molecule has 0 aromatic carbocycles. The minimum Gasteiger partial charge on any atom is -0.366 e. The van der Waals surface area contributed by atoms with E-state index >= 15 is 0 Å². The van der Waals surface area contributed by atoms with Crippen molar-refractivity contribution in [2.45, 2.75) is 40.2 Å². The molecule has 1 rings (SSSR count). The van der Waals surface area contributed by atoms with Crippen LogP contribution in [0.4, 0.5) is 5.82 Å². The smallest absolute Gasteiger partial charge is 0.130 e. The highest BCUT2D eigenvalue weighted by molar-refractivity contribution is 6.18. The largest absolute Gasteiger partial charge is 0.366 e. The highest BCUT2D eigenvalue weighted by Gasteiger charge is 2.10. The molecule has 1 N–H and O–H groups in total. The van der Waals surface area contributed by atoms with E-state index in [0.29, 0.717) is 11.8 Å². The Kier molecular flexibility index (Phi) is 5.00. The zero-order valence-electron chi connectivity index (χ0n) is 10.4. The van der Waals surface area contributed by atoms with Crippen LogP contribution in [0.3, 0.4) is 0 Å². The van der Waals surface area contributed by atoms with Crippen molar-refractivity contribution in [2.75, 3.05) is 11.2 Å². The van der Waals surface area contributed by atoms with Crippen LogP contribution in [0.2, 0.25) is 0 Å². The Morgan fingerprint density at radius 2 is 2.00 bits per heavy atom. The quantitative estimate of drug-likeness (QED) is 0.805. The molecule has 90 valence electrons. The third-order valence-corrected chi connectivity index (χ3v) is 2.63. The third kappa shape index (κ3) is 4.35. The lowest BCUT2D eigenvalue weighted by atomic mass is 10.1. The van der Waals surface area contributed by atoms with E-state index in [1.54, 1.807) is 0 Å². The molecule has 0 aliphatic rings. The molecule has 0 fully saturated rings. The summed E-state index contributed by atoms with van der Waals surface area (Å²) in [6.07, 6.45) is 1.05. The topological polar surface area (TPSA) is 37.8 Å². The van der Waals surface area contributed by atoms with Crippen LogP contribution in [-0.4, -0.2) is 21.9 Å². The Balaban J connectivity index is 2.69. The van der Waals surface area contributed by atoms with Crippen LogP contribution in [0.1, 0.15) is 31.8 Å². The summed E-state index contributed by atoms with van der Waals surface area (Å²) in [6.45, 7) is 8.25. The van der Waals surface area contributed by atoms with E-state index in [1.165, 1.54) is 0 Å². The number of anilines is 1. The van der Waals surface area contributed by atoms with E-state index in [4.69, 9.17) is 11.6 Å². The summed E-state index contributed by atoms with van der Waals surface area (Å²) >= 11 is 5.94. The van der Waals surface area contributed by atoms with Gasteiger partial charge in [0.25, 0.3) is 0 Å². The van der Waals surface area contributed by atoms with E-state index in [2.05, 4.69) is 29.1 Å². The lowest BCUT2D eigenvalue weighted by molar-refractivity contribution is 0.541. The van der Waals surface area contributed by atoms with Crippen molar-refractivity contribution >= 4 is 17.4 Å². The van der Waals surface area contributed by atoms with Crippen LogP contribution in [0.15, 0.2) is 6.07 Å². The van der Waals surface area contributed by atoms with Gasteiger partial charge in [0.1, 0.15) is 11.6 Å². The summed E-state index contributed by atoms with van der Waals surface area (Å²) in [5.74, 6) is 2.89. The molecule has 1 unspecified atom stereocenters. The lowest BCUT2D eigenvalue weighted by Gasteiger charge is -2.18. The summed E-state index contributed by atoms with van der Waals surface area (Å²) < 4.78 is 0. The number of hydrogen-bond donors (Lipinski definition) is 1. The number of nitrogens with zero attached hydrogens (tertiary/aromatic N) is 2. The highest BCUT2D eigenvalue weighted by Crippen LogP contribution is 2.13. The number of halogens is 1. The zero-order valence-corrected chi connectivity index (χ0v) is 11.2. The van der Waals surface area contributed by atoms with Gasteiger partial charge in [-0.1, -0.05) is 13.8 Å². The van der Waals surface area contributed by atoms with Crippen LogP contribution >= 0.6 is 11.6 Å². The van der Waals surface area contributed by atoms with Crippen LogP contribution in [0.25, 0.3) is 0 Å². The number of alkyl halides is 1. The van der Waals surface area contributed by atoms with E-state index in [0.717, 1.165) is 23.8 Å². The maximum Gasteiger partial charge on any atom is 0.130 e. The van der Waals surface area contributed by atoms with Crippen molar-refractivity contribution < 1.29 is 0 Å². The number of hydrogen-bond acceptors (Lipinski definition) is 3. The van der Waals surface area contributed by atoms with Gasteiger partial charge in [-0.2, -0.15) is 0 Å². The molecule has 16 heavy (non-hydrogen) atoms. The molecule has 3 nitrogen and oxygen atoms in total. The van der Waals surface area contributed by atoms with Crippen molar-refractivity contribution in [3.63, 3.8) is 0 Å². The molecule has 0 spiro atoms. The molecular formula is C12H20ClN3. The van der Waals surface area contributed by atoms with Gasteiger partial charge < -0.3 is 5.32 Å². The first-order chi connectivity index (χ1) is 7.51. The van der Waals surface area contributed by atoms with Crippen LogP contribution in [-0.2, 0) is 0 Å². The number of nitrogens with one attached hydrogen (secondary N) is 1. The second kappa shape index (κ2) is 6.04. The standard InChI is InChI=1S/C12H20ClN3/c1-8(2)5-11(7-13)16-12-6-9(3)14-10(4)15-12/h6,8,11H,5,7H2,1-4H3,(H,14,15,16). The maximum absolute atomic E-state index is 5.94. The van der Waals surface area contributed by atoms with Gasteiger partial charge in [-0.25, -0.2) is 9.97 Å². The first-order valence-corrected chi connectivity index (χ1v) is 6.19. The molecule has 0 aliphatic carbocycles. The number of aromatic nitrogens is 2. The second-order valence-corrected chi connectivity index (χ2v) is 4.88. The van der Waals surface area contributed by atoms with Crippen LogP contribution < -0.4 is 5.32 Å². The Morgan fingerprint density at radius 3 is 2.50 bits per heavy atom. The van der Waals surface area contributed by atoms with Crippen molar-refractivity contribution in [2.24, 2.45) is 5.92 Å². The molecule has 1 aromatic heterocycles. The van der Waals surface area contributed by atoms with Crippen molar-refractivity contribution in [3.05, 3.63) is 17.6 Å². The van der Waals surface area contributed by atoms with Gasteiger partial charge in [-0.05, 0) is 26.2 Å². The van der Waals surface area contributed by atoms with Crippen molar-refractivity contribution in [3.8, 4) is 0 Å². The van der Waals surface area contributed by atoms with E-state index in [1.807, 2.05) is 19.9 Å². The zero-order chi connectivity index (χ0) is 12.1. The van der Waals surface area contributed by atoms with Gasteiger partial charge in [0.15, 0.2) is 0 Å². The minimum absolute atomic E-state index is 0.273. The first kappa shape index (κ1) is 13.2. The fourth-order valence-corrected chi connectivity index (χ4v) is 1.93. The lowest BCUT2D eigenvalue weighted by Crippen LogP contribution is -2.24. The highest BCUT2D eigenvalue weighted by atomic mass is 35.5. The van der Waals surface area contributed by atoms with Gasteiger partial charge >= 0.3 is 0 Å². The van der Waals surface area contributed by atoms with Crippen LogP contribution in [0, 0.1) is 19.8 Å². The normalized spacial score (nSPS) is 12.9. The molecule has 4 heteroatoms. The summed E-state index contributed by atoms with van der Waals surface area (Å²) in [4.78, 5) is 8.59. The molecule has 0 saturated carbocycles. The van der Waals surface area contributed by atoms with E-state index < -0.39 is 0 Å². The fourth-order valence-electron chi connectivity index (χ4n) is 1.73. The van der Waals surface area contributed by atoms with Crippen molar-refractivity contribution in [1.29, 1.82) is 0 Å². The molecule has 0 radical (unpaired) electrons. The summed E-state index contributed by atoms with van der Waals surface area (Å²) in [6, 6.07) is 2.22. The Morgan fingerprint density at radius 1 is 1.31 bits per heavy atom. The molecule has 0 aliphatic heterocycles. The number of rotatable bonds is 5. The minimum atomic E-state index is 0.273. The van der Waals surface area contributed by atoms with Crippen molar-refractivity contribution in [1.82, 2.24) is 9.97 Å². The van der Waals surface area contributed by atoms with E-state index in [-0.39, 0.29) is 6.04 Å². The van der Waals surface area contributed by atoms with Gasteiger partial charge in [-0.3, -0.25) is 0 Å². The average molecular weight is 242 g/mol. The molecule has 0 saturated heterocycles. The number of aryl methyl sites for hydroxylation is 2. The predicted octanol–water partition coefficient (Wildman–Crippen LogP) is 3.16. The summed E-state index contributed by atoms with van der Waals surface area (Å²) in [5.41, 5.74) is 0.980. The molecule has 0 bridgehead atoms. The third-order valence-electron chi connectivity index (χ3n) is 2.26. The monoisotopic (exact) mass is 241 g/mol. The Labute approximate surface area is 103 Å². The Bertz CT molecular complexity index is 319. The molecule has 0 amide bonds. The predicted molar refractivity (Wildman–Crippen MR) is 69.1 cm³/mol. The fraction of sp³-hybridized carbons (Fsp3) is 0.667. The van der Waals surface area contributed by atoms with Gasteiger partial charge in [0.05, 0.1) is 0 Å². The molecule has 1 atom stereocenters. The molecule has 1 aromatic rings.